The fraction of sp³-hybridized carbons (Fsp3) is 0.448. The van der Waals surface area contributed by atoms with Crippen LogP contribution in [0.2, 0.25) is 0 Å². The Morgan fingerprint density at radius 3 is 2.03 bits per heavy atom. The van der Waals surface area contributed by atoms with E-state index >= 15 is 0 Å². The molecule has 0 aliphatic heterocycles. The highest BCUT2D eigenvalue weighted by molar-refractivity contribution is 5.92. The van der Waals surface area contributed by atoms with Gasteiger partial charge in [0.2, 0.25) is 0 Å². The molecule has 0 aliphatic rings. The number of esters is 2. The Balaban J connectivity index is 1.75. The molecule has 0 radical (unpaired) electrons. The van der Waals surface area contributed by atoms with Crippen LogP contribution in [0.3, 0.4) is 0 Å². The van der Waals surface area contributed by atoms with Crippen LogP contribution in [0.15, 0.2) is 60.9 Å². The van der Waals surface area contributed by atoms with Crippen molar-refractivity contribution >= 4 is 11.9 Å². The number of rotatable bonds is 15. The summed E-state index contributed by atoms with van der Waals surface area (Å²) in [7, 11) is 0. The summed E-state index contributed by atoms with van der Waals surface area (Å²) in [6.07, 6.45) is 13.3. The molecular weight excluding hydrogens is 428 g/mol. The van der Waals surface area contributed by atoms with Crippen molar-refractivity contribution in [2.75, 3.05) is 6.61 Å². The zero-order valence-electron chi connectivity index (χ0n) is 20.8. The van der Waals surface area contributed by atoms with Crippen LogP contribution in [0.5, 0.6) is 11.5 Å². The van der Waals surface area contributed by atoms with Gasteiger partial charge in [0.05, 0.1) is 24.0 Å². The van der Waals surface area contributed by atoms with E-state index in [1.54, 1.807) is 54.8 Å². The van der Waals surface area contributed by atoms with Crippen LogP contribution in [0.1, 0.15) is 92.9 Å². The zero-order chi connectivity index (χ0) is 24.6. The summed E-state index contributed by atoms with van der Waals surface area (Å²) in [6.45, 7) is 6.70. The lowest BCUT2D eigenvalue weighted by Gasteiger charge is -2.10. The normalized spacial score (nSPS) is 11.9. The molecule has 0 N–H and O–H groups in total. The molecule has 0 bridgehead atoms. The first-order chi connectivity index (χ1) is 16.5. The molecule has 0 spiro atoms. The monoisotopic (exact) mass is 466 g/mol. The molecule has 2 rings (SSSR count). The van der Waals surface area contributed by atoms with Crippen molar-refractivity contribution in [1.82, 2.24) is 0 Å². The maximum atomic E-state index is 12.4. The molecule has 1 unspecified atom stereocenters. The van der Waals surface area contributed by atoms with E-state index in [2.05, 4.69) is 13.8 Å². The molecule has 0 fully saturated rings. The summed E-state index contributed by atoms with van der Waals surface area (Å²) in [5, 5.41) is 0. The van der Waals surface area contributed by atoms with E-state index in [0.717, 1.165) is 12.8 Å². The summed E-state index contributed by atoms with van der Waals surface area (Å²) in [6, 6.07) is 13.2. The molecule has 5 heteroatoms. The molecule has 2 aromatic rings. The van der Waals surface area contributed by atoms with E-state index in [0.29, 0.717) is 35.2 Å². The van der Waals surface area contributed by atoms with Gasteiger partial charge in [-0.15, -0.1) is 0 Å². The molecule has 0 aliphatic carbocycles. The van der Waals surface area contributed by atoms with Crippen LogP contribution < -0.4 is 9.47 Å². The summed E-state index contributed by atoms with van der Waals surface area (Å²) in [5.74, 6) is 0.492. The van der Waals surface area contributed by atoms with Gasteiger partial charge >= 0.3 is 11.9 Å². The van der Waals surface area contributed by atoms with Crippen molar-refractivity contribution in [2.24, 2.45) is 5.92 Å². The van der Waals surface area contributed by atoms with Gasteiger partial charge in [-0.05, 0) is 73.4 Å². The van der Waals surface area contributed by atoms with Gasteiger partial charge in [-0.2, -0.15) is 0 Å². The minimum atomic E-state index is -0.475. The highest BCUT2D eigenvalue weighted by Gasteiger charge is 2.12. The van der Waals surface area contributed by atoms with Gasteiger partial charge in [0.15, 0.2) is 0 Å². The largest absolute Gasteiger partial charge is 0.465 e. The molecular formula is C29H38O5. The average Bonchev–Trinajstić information content (AvgIpc) is 2.86. The van der Waals surface area contributed by atoms with Crippen LogP contribution >= 0.6 is 0 Å². The Morgan fingerprint density at radius 2 is 1.38 bits per heavy atom. The third-order valence-corrected chi connectivity index (χ3v) is 5.61. The minimum Gasteiger partial charge on any atom is -0.465 e. The van der Waals surface area contributed by atoms with Crippen LogP contribution in [0.25, 0.3) is 0 Å². The van der Waals surface area contributed by atoms with Crippen LogP contribution in [-0.2, 0) is 4.74 Å². The number of hydrogen-bond donors (Lipinski definition) is 0. The predicted octanol–water partition coefficient (Wildman–Crippen LogP) is 7.75. The van der Waals surface area contributed by atoms with Crippen molar-refractivity contribution in [3.63, 3.8) is 0 Å². The zero-order valence-corrected chi connectivity index (χ0v) is 20.8. The van der Waals surface area contributed by atoms with Gasteiger partial charge in [0.1, 0.15) is 11.5 Å². The third kappa shape index (κ3) is 10.2. The molecule has 0 amide bonds. The van der Waals surface area contributed by atoms with Crippen LogP contribution in [0.4, 0.5) is 0 Å². The van der Waals surface area contributed by atoms with Gasteiger partial charge in [-0.25, -0.2) is 9.59 Å². The highest BCUT2D eigenvalue weighted by atomic mass is 16.5. The molecule has 0 aromatic heterocycles. The van der Waals surface area contributed by atoms with Crippen LogP contribution in [0, 0.1) is 5.92 Å². The van der Waals surface area contributed by atoms with Gasteiger partial charge < -0.3 is 14.2 Å². The smallest absolute Gasteiger partial charge is 0.343 e. The molecule has 1 atom stereocenters. The summed E-state index contributed by atoms with van der Waals surface area (Å²) < 4.78 is 16.3. The lowest BCUT2D eigenvalue weighted by atomic mass is 10.1. The molecule has 0 saturated heterocycles. The molecule has 0 heterocycles. The number of carbonyl (C=O) groups is 2. The number of carbonyl (C=O) groups excluding carboxylic acids is 2. The second-order valence-electron chi connectivity index (χ2n) is 8.60. The lowest BCUT2D eigenvalue weighted by Crippen LogP contribution is -2.12. The SMILES string of the molecule is CCCCCCCC/C=C/Oc1ccc(C(=O)Oc2ccc(C(=O)OCC(C)CC)cc2)cc1. The molecule has 34 heavy (non-hydrogen) atoms. The maximum Gasteiger partial charge on any atom is 0.343 e. The second kappa shape index (κ2) is 15.7. The number of unbranched alkanes of at least 4 members (excludes halogenated alkanes) is 6. The van der Waals surface area contributed by atoms with E-state index in [-0.39, 0.29) is 5.97 Å². The molecule has 2 aromatic carbocycles. The van der Waals surface area contributed by atoms with Crippen molar-refractivity contribution in [3.8, 4) is 11.5 Å². The molecule has 5 nitrogen and oxygen atoms in total. The van der Waals surface area contributed by atoms with Crippen LogP contribution in [-0.4, -0.2) is 18.5 Å². The maximum absolute atomic E-state index is 12.4. The fourth-order valence-corrected chi connectivity index (χ4v) is 3.15. The Morgan fingerprint density at radius 1 is 0.794 bits per heavy atom. The first kappa shape index (κ1) is 27.2. The van der Waals surface area contributed by atoms with E-state index in [1.807, 2.05) is 13.0 Å². The quantitative estimate of drug-likeness (QED) is 0.116. The summed E-state index contributed by atoms with van der Waals surface area (Å²) in [5.41, 5.74) is 0.842. The van der Waals surface area contributed by atoms with Gasteiger partial charge in [-0.3, -0.25) is 0 Å². The predicted molar refractivity (Wildman–Crippen MR) is 135 cm³/mol. The Bertz CT molecular complexity index is 884. The number of hydrogen-bond acceptors (Lipinski definition) is 5. The van der Waals surface area contributed by atoms with E-state index in [9.17, 15) is 9.59 Å². The molecule has 184 valence electrons. The van der Waals surface area contributed by atoms with Crippen molar-refractivity contribution < 1.29 is 23.8 Å². The van der Waals surface area contributed by atoms with Crippen molar-refractivity contribution in [1.29, 1.82) is 0 Å². The third-order valence-electron chi connectivity index (χ3n) is 5.61. The number of allylic oxidation sites excluding steroid dienone is 1. The second-order valence-corrected chi connectivity index (χ2v) is 8.60. The first-order valence-corrected chi connectivity index (χ1v) is 12.4. The standard InChI is InChI=1S/C29H38O5/c1-4-6-7-8-9-10-11-12-21-32-26-17-13-25(14-18-26)29(31)34-27-19-15-24(16-20-27)28(30)33-22-23(3)5-2/h12-21,23H,4-11,22H2,1-3H3/b21-12+. The Labute approximate surface area is 204 Å². The number of ether oxygens (including phenoxy) is 3. The van der Waals surface area contributed by atoms with E-state index in [1.165, 1.54) is 38.5 Å². The topological polar surface area (TPSA) is 61.8 Å². The van der Waals surface area contributed by atoms with Gasteiger partial charge in [0.25, 0.3) is 0 Å². The Kier molecular flexibility index (Phi) is 12.5. The average molecular weight is 467 g/mol. The van der Waals surface area contributed by atoms with Gasteiger partial charge in [-0.1, -0.05) is 59.3 Å². The minimum absolute atomic E-state index is 0.321. The summed E-state index contributed by atoms with van der Waals surface area (Å²) >= 11 is 0. The first-order valence-electron chi connectivity index (χ1n) is 12.4. The van der Waals surface area contributed by atoms with Gasteiger partial charge in [0, 0.05) is 0 Å². The fourth-order valence-electron chi connectivity index (χ4n) is 3.15. The van der Waals surface area contributed by atoms with Crippen molar-refractivity contribution in [3.05, 3.63) is 72.0 Å². The van der Waals surface area contributed by atoms with E-state index in [4.69, 9.17) is 14.2 Å². The van der Waals surface area contributed by atoms with E-state index < -0.39 is 5.97 Å². The van der Waals surface area contributed by atoms with Crippen molar-refractivity contribution in [2.45, 2.75) is 72.1 Å². The highest BCUT2D eigenvalue weighted by Crippen LogP contribution is 2.18. The Hall–Kier alpha value is -3.08. The number of benzene rings is 2. The molecule has 0 saturated carbocycles. The lowest BCUT2D eigenvalue weighted by molar-refractivity contribution is 0.0447. The summed E-state index contributed by atoms with van der Waals surface area (Å²) in [4.78, 5) is 24.5.